The molecule has 2 N–H and O–H groups in total. The predicted molar refractivity (Wildman–Crippen MR) is 66.6 cm³/mol. The van der Waals surface area contributed by atoms with Gasteiger partial charge in [0.15, 0.2) is 5.65 Å². The Hall–Kier alpha value is -1.99. The zero-order chi connectivity index (χ0) is 12.9. The van der Waals surface area contributed by atoms with Gasteiger partial charge in [-0.2, -0.15) is 5.10 Å². The first-order valence-corrected chi connectivity index (χ1v) is 6.78. The van der Waals surface area contributed by atoms with E-state index in [4.69, 9.17) is 5.14 Å². The largest absolute Gasteiger partial charge is 0.238 e. The van der Waals surface area contributed by atoms with Gasteiger partial charge in [0.05, 0.1) is 16.1 Å². The number of rotatable bonds is 1. The summed E-state index contributed by atoms with van der Waals surface area (Å²) >= 11 is 0. The van der Waals surface area contributed by atoms with Crippen LogP contribution >= 0.6 is 0 Å². The van der Waals surface area contributed by atoms with Gasteiger partial charge in [0.1, 0.15) is 0 Å². The maximum absolute atomic E-state index is 11.3. The summed E-state index contributed by atoms with van der Waals surface area (Å²) in [5.41, 5.74) is 2.28. The smallest absolute Gasteiger partial charge is 0.229 e. The molecular formula is C11H10N4O2S. The summed E-state index contributed by atoms with van der Waals surface area (Å²) in [5.74, 6) is 0. The predicted octanol–water partition coefficient (Wildman–Crippen LogP) is 0.838. The Labute approximate surface area is 103 Å². The van der Waals surface area contributed by atoms with Crippen LogP contribution in [0.3, 0.4) is 0 Å². The van der Waals surface area contributed by atoms with Gasteiger partial charge in [0.2, 0.25) is 10.0 Å². The monoisotopic (exact) mass is 262 g/mol. The molecule has 0 saturated carbocycles. The average Bonchev–Trinajstić information content (AvgIpc) is 2.62. The molecular weight excluding hydrogens is 252 g/mol. The molecule has 0 radical (unpaired) electrons. The quantitative estimate of drug-likeness (QED) is 0.703. The molecule has 3 aromatic rings. The van der Waals surface area contributed by atoms with E-state index in [0.29, 0.717) is 10.9 Å². The lowest BCUT2D eigenvalue weighted by Gasteiger charge is -2.02. The molecule has 1 aromatic carbocycles. The van der Waals surface area contributed by atoms with Crippen molar-refractivity contribution < 1.29 is 8.42 Å². The third-order valence-electron chi connectivity index (χ3n) is 2.66. The third kappa shape index (κ3) is 1.73. The van der Waals surface area contributed by atoms with Crippen LogP contribution in [0.4, 0.5) is 0 Å². The molecule has 0 atom stereocenters. The molecule has 0 unspecified atom stereocenters. The SMILES string of the molecule is Cc1cc2nc3ccc(S(N)(=O)=O)cc3cn2n1. The average molecular weight is 262 g/mol. The highest BCUT2D eigenvalue weighted by Crippen LogP contribution is 2.18. The number of nitrogens with two attached hydrogens (primary N) is 1. The van der Waals surface area contributed by atoms with E-state index < -0.39 is 10.0 Å². The molecule has 0 fully saturated rings. The van der Waals surface area contributed by atoms with E-state index in [1.165, 1.54) is 12.1 Å². The Morgan fingerprint density at radius 2 is 2.06 bits per heavy atom. The van der Waals surface area contributed by atoms with Gasteiger partial charge in [-0.25, -0.2) is 23.1 Å². The molecule has 0 saturated heterocycles. The van der Waals surface area contributed by atoms with E-state index in [-0.39, 0.29) is 4.90 Å². The van der Waals surface area contributed by atoms with E-state index in [1.54, 1.807) is 16.8 Å². The molecule has 3 rings (SSSR count). The van der Waals surface area contributed by atoms with Crippen molar-refractivity contribution in [1.82, 2.24) is 14.6 Å². The number of benzene rings is 1. The first-order chi connectivity index (χ1) is 8.43. The molecule has 2 heterocycles. The molecule has 0 amide bonds. The van der Waals surface area contributed by atoms with Crippen molar-refractivity contribution in [2.24, 2.45) is 5.14 Å². The van der Waals surface area contributed by atoms with Crippen molar-refractivity contribution in [2.75, 3.05) is 0 Å². The fraction of sp³-hybridized carbons (Fsp3) is 0.0909. The van der Waals surface area contributed by atoms with Gasteiger partial charge < -0.3 is 0 Å². The second-order valence-electron chi connectivity index (χ2n) is 4.10. The molecule has 0 bridgehead atoms. The Balaban J connectivity index is 2.37. The van der Waals surface area contributed by atoms with Gasteiger partial charge in [-0.1, -0.05) is 0 Å². The molecule has 0 aliphatic carbocycles. The number of nitrogens with zero attached hydrogens (tertiary/aromatic N) is 3. The number of fused-ring (bicyclic) bond motifs is 2. The maximum atomic E-state index is 11.3. The highest BCUT2D eigenvalue weighted by molar-refractivity contribution is 7.89. The van der Waals surface area contributed by atoms with Crippen molar-refractivity contribution in [1.29, 1.82) is 0 Å². The minimum atomic E-state index is -3.70. The topological polar surface area (TPSA) is 90.3 Å². The Morgan fingerprint density at radius 1 is 1.28 bits per heavy atom. The molecule has 6 nitrogen and oxygen atoms in total. The highest BCUT2D eigenvalue weighted by Gasteiger charge is 2.09. The van der Waals surface area contributed by atoms with E-state index in [2.05, 4.69) is 10.1 Å². The summed E-state index contributed by atoms with van der Waals surface area (Å²) in [6.07, 6.45) is 1.74. The van der Waals surface area contributed by atoms with Gasteiger partial charge >= 0.3 is 0 Å². The van der Waals surface area contributed by atoms with Gasteiger partial charge in [-0.05, 0) is 25.1 Å². The van der Waals surface area contributed by atoms with Crippen LogP contribution < -0.4 is 5.14 Å². The molecule has 0 aliphatic heterocycles. The van der Waals surface area contributed by atoms with Crippen LogP contribution in [0.15, 0.2) is 35.4 Å². The van der Waals surface area contributed by atoms with Crippen LogP contribution in [0, 0.1) is 6.92 Å². The molecule has 92 valence electrons. The van der Waals surface area contributed by atoms with Crippen LogP contribution in [-0.2, 0) is 10.0 Å². The normalized spacial score (nSPS) is 12.3. The Bertz CT molecular complexity index is 867. The summed E-state index contributed by atoms with van der Waals surface area (Å²) in [6, 6.07) is 6.43. The molecule has 2 aromatic heterocycles. The fourth-order valence-electron chi connectivity index (χ4n) is 1.85. The van der Waals surface area contributed by atoms with Gasteiger partial charge in [0.25, 0.3) is 0 Å². The minimum absolute atomic E-state index is 0.0695. The van der Waals surface area contributed by atoms with Gasteiger partial charge in [0, 0.05) is 17.6 Å². The molecule has 18 heavy (non-hydrogen) atoms. The van der Waals surface area contributed by atoms with Crippen LogP contribution in [-0.4, -0.2) is 23.0 Å². The van der Waals surface area contributed by atoms with Gasteiger partial charge in [-0.3, -0.25) is 0 Å². The van der Waals surface area contributed by atoms with Crippen molar-refractivity contribution in [2.45, 2.75) is 11.8 Å². The second kappa shape index (κ2) is 3.50. The maximum Gasteiger partial charge on any atom is 0.238 e. The standard InChI is InChI=1S/C11H10N4O2S/c1-7-4-11-13-10-3-2-9(18(12,16)17)5-8(10)6-15(11)14-7/h2-6H,1H3,(H2,12,16,17). The lowest BCUT2D eigenvalue weighted by molar-refractivity contribution is 0.598. The van der Waals surface area contributed by atoms with Crippen molar-refractivity contribution in [3.8, 4) is 0 Å². The van der Waals surface area contributed by atoms with Crippen LogP contribution in [0.1, 0.15) is 5.69 Å². The number of aromatic nitrogens is 3. The number of aryl methyl sites for hydroxylation is 1. The van der Waals surface area contributed by atoms with Crippen molar-refractivity contribution in [3.05, 3.63) is 36.2 Å². The summed E-state index contributed by atoms with van der Waals surface area (Å²) in [5, 5.41) is 10.0. The first-order valence-electron chi connectivity index (χ1n) is 5.23. The second-order valence-corrected chi connectivity index (χ2v) is 5.66. The highest BCUT2D eigenvalue weighted by atomic mass is 32.2. The fourth-order valence-corrected chi connectivity index (χ4v) is 2.40. The number of sulfonamides is 1. The van der Waals surface area contributed by atoms with E-state index in [1.807, 2.05) is 13.0 Å². The zero-order valence-corrected chi connectivity index (χ0v) is 10.3. The summed E-state index contributed by atoms with van der Waals surface area (Å²) in [6.45, 7) is 1.87. The van der Waals surface area contributed by atoms with Crippen LogP contribution in [0.25, 0.3) is 16.6 Å². The zero-order valence-electron chi connectivity index (χ0n) is 9.53. The van der Waals surface area contributed by atoms with Crippen molar-refractivity contribution >= 4 is 26.6 Å². The first kappa shape index (κ1) is 11.1. The van der Waals surface area contributed by atoms with E-state index in [0.717, 1.165) is 11.3 Å². The van der Waals surface area contributed by atoms with Crippen LogP contribution in [0.5, 0.6) is 0 Å². The van der Waals surface area contributed by atoms with Gasteiger partial charge in [-0.15, -0.1) is 0 Å². The minimum Gasteiger partial charge on any atom is -0.229 e. The molecule has 0 aliphatic rings. The number of hydrogen-bond donors (Lipinski definition) is 1. The molecule has 7 heteroatoms. The summed E-state index contributed by atoms with van der Waals surface area (Å²) in [7, 11) is -3.70. The van der Waals surface area contributed by atoms with E-state index in [9.17, 15) is 8.42 Å². The number of hydrogen-bond acceptors (Lipinski definition) is 4. The van der Waals surface area contributed by atoms with Crippen LogP contribution in [0.2, 0.25) is 0 Å². The summed E-state index contributed by atoms with van der Waals surface area (Å²) in [4.78, 5) is 4.46. The van der Waals surface area contributed by atoms with E-state index >= 15 is 0 Å². The summed E-state index contributed by atoms with van der Waals surface area (Å²) < 4.78 is 24.2. The lowest BCUT2D eigenvalue weighted by Crippen LogP contribution is -2.11. The third-order valence-corrected chi connectivity index (χ3v) is 3.57. The Kier molecular flexibility index (Phi) is 2.16. The number of primary sulfonamides is 1. The molecule has 0 spiro atoms. The van der Waals surface area contributed by atoms with Crippen molar-refractivity contribution in [3.63, 3.8) is 0 Å². The lowest BCUT2D eigenvalue weighted by atomic mass is 10.2. The Morgan fingerprint density at radius 3 is 2.78 bits per heavy atom.